The summed E-state index contributed by atoms with van der Waals surface area (Å²) in [5.41, 5.74) is -0.651. The number of aliphatic hydroxyl groups is 4. The quantitative estimate of drug-likeness (QED) is 0.345. The molecular formula is C22H22O11. The topological polar surface area (TPSA) is 168 Å². The van der Waals surface area contributed by atoms with Crippen LogP contribution in [0.5, 0.6) is 28.9 Å². The van der Waals surface area contributed by atoms with Gasteiger partial charge in [-0.05, 0) is 24.3 Å². The molecule has 0 amide bonds. The van der Waals surface area contributed by atoms with Crippen molar-refractivity contribution in [1.82, 2.24) is 0 Å². The molecule has 1 aliphatic rings. The number of hydrogen-bond donors (Lipinski definition) is 5. The fourth-order valence-corrected chi connectivity index (χ4v) is 3.40. The number of hydrogen-bond acceptors (Lipinski definition) is 11. The Balaban J connectivity index is 1.63. The first kappa shape index (κ1) is 22.8. The zero-order chi connectivity index (χ0) is 23.7. The first-order valence-corrected chi connectivity index (χ1v) is 9.90. The third-order valence-corrected chi connectivity index (χ3v) is 5.14. The SMILES string of the molecule is COc1ccc(Oc2cc(=O)c3c(O)cc(O[C@@H]4O[C@H](CO)[C@@H](O)[C@H](O)[C@H]4O)cc3o2)cc1. The average molecular weight is 462 g/mol. The van der Waals surface area contributed by atoms with E-state index >= 15 is 0 Å². The molecule has 3 aromatic rings. The summed E-state index contributed by atoms with van der Waals surface area (Å²) in [5.74, 6) is 0.298. The maximum Gasteiger partial charge on any atom is 0.294 e. The molecule has 0 aliphatic carbocycles. The Kier molecular flexibility index (Phi) is 6.40. The van der Waals surface area contributed by atoms with Crippen molar-refractivity contribution >= 4 is 11.0 Å². The molecule has 0 unspecified atom stereocenters. The highest BCUT2D eigenvalue weighted by Crippen LogP contribution is 2.33. The number of phenols is 1. The van der Waals surface area contributed by atoms with Gasteiger partial charge in [-0.1, -0.05) is 0 Å². The van der Waals surface area contributed by atoms with E-state index in [1.165, 1.54) is 13.2 Å². The van der Waals surface area contributed by atoms with Crippen molar-refractivity contribution in [3.63, 3.8) is 0 Å². The summed E-state index contributed by atoms with van der Waals surface area (Å²) in [6.45, 7) is -0.630. The van der Waals surface area contributed by atoms with Crippen LogP contribution in [-0.2, 0) is 4.74 Å². The summed E-state index contributed by atoms with van der Waals surface area (Å²) < 4.78 is 27.0. The molecule has 5 N–H and O–H groups in total. The molecule has 0 spiro atoms. The van der Waals surface area contributed by atoms with Crippen molar-refractivity contribution in [2.45, 2.75) is 30.7 Å². The minimum absolute atomic E-state index is 0.0749. The Morgan fingerprint density at radius 2 is 1.64 bits per heavy atom. The Morgan fingerprint density at radius 3 is 2.30 bits per heavy atom. The molecule has 4 rings (SSSR count). The van der Waals surface area contributed by atoms with Gasteiger partial charge in [-0.25, -0.2) is 0 Å². The highest BCUT2D eigenvalue weighted by Gasteiger charge is 2.44. The molecule has 1 aliphatic heterocycles. The molecule has 2 aromatic carbocycles. The maximum atomic E-state index is 12.5. The number of fused-ring (bicyclic) bond motifs is 1. The summed E-state index contributed by atoms with van der Waals surface area (Å²) in [4.78, 5) is 12.5. The fraction of sp³-hybridized carbons (Fsp3) is 0.318. The largest absolute Gasteiger partial charge is 0.507 e. The first-order chi connectivity index (χ1) is 15.8. The van der Waals surface area contributed by atoms with Crippen molar-refractivity contribution in [2.75, 3.05) is 13.7 Å². The van der Waals surface area contributed by atoms with Gasteiger partial charge in [0.15, 0.2) is 5.43 Å². The van der Waals surface area contributed by atoms with Gasteiger partial charge >= 0.3 is 0 Å². The zero-order valence-corrected chi connectivity index (χ0v) is 17.3. The lowest BCUT2D eigenvalue weighted by Crippen LogP contribution is -2.60. The van der Waals surface area contributed by atoms with Gasteiger partial charge in [0.1, 0.15) is 58.4 Å². The molecule has 11 nitrogen and oxygen atoms in total. The predicted octanol–water partition coefficient (Wildman–Crippen LogP) is 0.478. The number of methoxy groups -OCH3 is 1. The first-order valence-electron chi connectivity index (χ1n) is 9.90. The minimum Gasteiger partial charge on any atom is -0.507 e. The summed E-state index contributed by atoms with van der Waals surface area (Å²) in [6.07, 6.45) is -7.51. The van der Waals surface area contributed by atoms with E-state index in [1.54, 1.807) is 24.3 Å². The Hall–Kier alpha value is -3.35. The van der Waals surface area contributed by atoms with Crippen molar-refractivity contribution < 1.29 is 48.9 Å². The van der Waals surface area contributed by atoms with Gasteiger partial charge in [0.2, 0.25) is 6.29 Å². The van der Waals surface area contributed by atoms with Gasteiger partial charge in [0, 0.05) is 12.1 Å². The van der Waals surface area contributed by atoms with Crippen LogP contribution in [0.1, 0.15) is 0 Å². The maximum absolute atomic E-state index is 12.5. The highest BCUT2D eigenvalue weighted by atomic mass is 16.7. The second kappa shape index (κ2) is 9.25. The molecular weight excluding hydrogens is 440 g/mol. The van der Waals surface area contributed by atoms with E-state index in [0.29, 0.717) is 11.5 Å². The molecule has 1 saturated heterocycles. The van der Waals surface area contributed by atoms with Crippen LogP contribution in [0.3, 0.4) is 0 Å². The molecule has 0 saturated carbocycles. The van der Waals surface area contributed by atoms with Gasteiger partial charge in [-0.15, -0.1) is 0 Å². The van der Waals surface area contributed by atoms with Crippen LogP contribution in [0, 0.1) is 0 Å². The van der Waals surface area contributed by atoms with E-state index in [1.807, 2.05) is 0 Å². The molecule has 1 fully saturated rings. The Bertz CT molecular complexity index is 1170. The van der Waals surface area contributed by atoms with Crippen LogP contribution in [0.15, 0.2) is 51.7 Å². The van der Waals surface area contributed by atoms with E-state index in [-0.39, 0.29) is 22.7 Å². The number of phenolic OH excluding ortho intramolecular Hbond substituents is 1. The minimum atomic E-state index is -1.66. The monoisotopic (exact) mass is 462 g/mol. The van der Waals surface area contributed by atoms with Gasteiger partial charge in [-0.3, -0.25) is 4.79 Å². The summed E-state index contributed by atoms with van der Waals surface area (Å²) >= 11 is 0. The van der Waals surface area contributed by atoms with E-state index < -0.39 is 48.5 Å². The van der Waals surface area contributed by atoms with Crippen LogP contribution in [-0.4, -0.2) is 70.0 Å². The molecule has 33 heavy (non-hydrogen) atoms. The predicted molar refractivity (Wildman–Crippen MR) is 112 cm³/mol. The summed E-state index contributed by atoms with van der Waals surface area (Å²) in [7, 11) is 1.52. The molecule has 0 bridgehead atoms. The Labute approximate surface area is 186 Å². The standard InChI is InChI=1S/C22H22O11/c1-29-10-2-4-11(5-3-10)30-17-8-14(25)18-13(24)6-12(7-15(18)32-17)31-22-21(28)20(27)19(26)16(9-23)33-22/h2-8,16,19-24,26-28H,9H2,1H3/t16-,19-,20+,21-,22-/m1/s1. The number of aliphatic hydroxyl groups excluding tert-OH is 4. The van der Waals surface area contributed by atoms with E-state index in [9.17, 15) is 30.3 Å². The summed E-state index contributed by atoms with van der Waals surface area (Å²) in [5, 5.41) is 49.4. The Morgan fingerprint density at radius 1 is 0.939 bits per heavy atom. The lowest BCUT2D eigenvalue weighted by Gasteiger charge is -2.39. The zero-order valence-electron chi connectivity index (χ0n) is 17.3. The molecule has 2 heterocycles. The van der Waals surface area contributed by atoms with Crippen molar-refractivity contribution in [1.29, 1.82) is 0 Å². The number of rotatable bonds is 6. The summed E-state index contributed by atoms with van der Waals surface area (Å²) in [6, 6.07) is 9.98. The van der Waals surface area contributed by atoms with Crippen LogP contribution in [0.25, 0.3) is 11.0 Å². The van der Waals surface area contributed by atoms with Gasteiger partial charge in [0.25, 0.3) is 5.95 Å². The van der Waals surface area contributed by atoms with Crippen molar-refractivity contribution in [3.05, 3.63) is 52.7 Å². The van der Waals surface area contributed by atoms with Gasteiger partial charge in [0.05, 0.1) is 19.8 Å². The lowest BCUT2D eigenvalue weighted by atomic mass is 9.99. The van der Waals surface area contributed by atoms with Crippen molar-refractivity contribution in [3.8, 4) is 28.9 Å². The van der Waals surface area contributed by atoms with Crippen LogP contribution in [0.2, 0.25) is 0 Å². The second-order valence-electron chi connectivity index (χ2n) is 7.34. The van der Waals surface area contributed by atoms with E-state index in [0.717, 1.165) is 12.1 Å². The molecule has 11 heteroatoms. The highest BCUT2D eigenvalue weighted by molar-refractivity contribution is 5.84. The smallest absolute Gasteiger partial charge is 0.294 e. The lowest BCUT2D eigenvalue weighted by molar-refractivity contribution is -0.277. The van der Waals surface area contributed by atoms with Crippen LogP contribution < -0.4 is 19.6 Å². The molecule has 176 valence electrons. The number of aromatic hydroxyl groups is 1. The molecule has 5 atom stereocenters. The van der Waals surface area contributed by atoms with Crippen molar-refractivity contribution in [2.24, 2.45) is 0 Å². The average Bonchev–Trinajstić information content (AvgIpc) is 2.79. The van der Waals surface area contributed by atoms with Gasteiger partial charge < -0.3 is 48.9 Å². The van der Waals surface area contributed by atoms with Crippen LogP contribution in [0.4, 0.5) is 0 Å². The molecule has 0 radical (unpaired) electrons. The van der Waals surface area contributed by atoms with E-state index in [2.05, 4.69) is 0 Å². The molecule has 1 aromatic heterocycles. The second-order valence-corrected chi connectivity index (χ2v) is 7.34. The fourth-order valence-electron chi connectivity index (χ4n) is 3.40. The van der Waals surface area contributed by atoms with Gasteiger partial charge in [-0.2, -0.15) is 0 Å². The number of ether oxygens (including phenoxy) is 4. The normalized spacial score (nSPS) is 25.1. The third-order valence-electron chi connectivity index (χ3n) is 5.14. The number of benzene rings is 2. The van der Waals surface area contributed by atoms with Crippen LogP contribution >= 0.6 is 0 Å². The third kappa shape index (κ3) is 4.58. The van der Waals surface area contributed by atoms with E-state index in [4.69, 9.17) is 23.4 Å².